The van der Waals surface area contributed by atoms with Crippen molar-refractivity contribution >= 4 is 15.9 Å². The largest absolute Gasteiger partial charge is 0.496 e. The number of rotatable bonds is 4. The Bertz CT molecular complexity index is 641. The quantitative estimate of drug-likeness (QED) is 0.880. The summed E-state index contributed by atoms with van der Waals surface area (Å²) in [6, 6.07) is 14.8. The summed E-state index contributed by atoms with van der Waals surface area (Å²) in [5.74, 6) is 1.96. The summed E-state index contributed by atoms with van der Waals surface area (Å²) < 4.78 is 6.61. The zero-order valence-electron chi connectivity index (χ0n) is 12.3. The molecule has 0 amide bonds. The van der Waals surface area contributed by atoms with Crippen LogP contribution in [0.3, 0.4) is 0 Å². The van der Waals surface area contributed by atoms with Crippen molar-refractivity contribution in [2.75, 3.05) is 7.11 Å². The lowest BCUT2D eigenvalue weighted by Gasteiger charge is -2.17. The van der Waals surface area contributed by atoms with Gasteiger partial charge in [0.15, 0.2) is 0 Å². The molecule has 110 valence electrons. The fourth-order valence-electron chi connectivity index (χ4n) is 3.03. The van der Waals surface area contributed by atoms with Gasteiger partial charge in [0, 0.05) is 16.1 Å². The van der Waals surface area contributed by atoms with Crippen molar-refractivity contribution in [1.29, 1.82) is 0 Å². The molecule has 3 unspecified atom stereocenters. The molecule has 2 aromatic carbocycles. The molecule has 2 aromatic rings. The van der Waals surface area contributed by atoms with Crippen molar-refractivity contribution in [2.45, 2.75) is 25.3 Å². The Kier molecular flexibility index (Phi) is 4.05. The molecule has 0 spiro atoms. The summed E-state index contributed by atoms with van der Waals surface area (Å²) in [7, 11) is 1.71. The van der Waals surface area contributed by atoms with Crippen LogP contribution in [-0.4, -0.2) is 7.11 Å². The maximum Gasteiger partial charge on any atom is 0.123 e. The number of halogens is 1. The molecule has 21 heavy (non-hydrogen) atoms. The Balaban J connectivity index is 1.84. The average Bonchev–Trinajstić information content (AvgIpc) is 3.30. The minimum absolute atomic E-state index is 0.0158. The van der Waals surface area contributed by atoms with E-state index in [1.165, 1.54) is 11.1 Å². The number of hydrogen-bond donors (Lipinski definition) is 1. The molecule has 1 aliphatic rings. The van der Waals surface area contributed by atoms with E-state index in [1.807, 2.05) is 0 Å². The third-order valence-electron chi connectivity index (χ3n) is 4.40. The van der Waals surface area contributed by atoms with Crippen LogP contribution in [0.2, 0.25) is 0 Å². The Hall–Kier alpha value is -1.32. The van der Waals surface area contributed by atoms with Crippen molar-refractivity contribution < 1.29 is 4.74 Å². The van der Waals surface area contributed by atoms with Crippen molar-refractivity contribution in [3.63, 3.8) is 0 Å². The van der Waals surface area contributed by atoms with Crippen LogP contribution in [0, 0.1) is 12.8 Å². The van der Waals surface area contributed by atoms with Crippen LogP contribution < -0.4 is 10.5 Å². The van der Waals surface area contributed by atoms with Crippen LogP contribution in [0.5, 0.6) is 5.75 Å². The average molecular weight is 346 g/mol. The smallest absolute Gasteiger partial charge is 0.123 e. The minimum atomic E-state index is 0.0158. The maximum atomic E-state index is 6.52. The number of benzene rings is 2. The molecule has 0 saturated heterocycles. The van der Waals surface area contributed by atoms with Gasteiger partial charge in [-0.15, -0.1) is 0 Å². The number of nitrogens with two attached hydrogens (primary N) is 1. The molecule has 2 N–H and O–H groups in total. The molecule has 1 fully saturated rings. The summed E-state index contributed by atoms with van der Waals surface area (Å²) in [4.78, 5) is 0. The second kappa shape index (κ2) is 5.82. The van der Waals surface area contributed by atoms with E-state index in [9.17, 15) is 0 Å². The third kappa shape index (κ3) is 2.85. The number of hydrogen-bond acceptors (Lipinski definition) is 2. The highest BCUT2D eigenvalue weighted by atomic mass is 79.9. The first-order valence-electron chi connectivity index (χ1n) is 7.26. The van der Waals surface area contributed by atoms with Gasteiger partial charge in [-0.2, -0.15) is 0 Å². The SMILES string of the molecule is COc1cc(C)c(Br)cc1C(N)C1CC1c1ccccc1. The standard InChI is InChI=1S/C18H20BrNO/c1-11-8-17(21-2)15(10-16(11)19)18(20)14-9-13(14)12-6-4-3-5-7-12/h3-8,10,13-14,18H,9,20H2,1-2H3. The van der Waals surface area contributed by atoms with E-state index in [0.29, 0.717) is 11.8 Å². The normalized spacial score (nSPS) is 21.9. The Morgan fingerprint density at radius 3 is 2.62 bits per heavy atom. The monoisotopic (exact) mass is 345 g/mol. The molecule has 3 heteroatoms. The molecular weight excluding hydrogens is 326 g/mol. The summed E-state index contributed by atoms with van der Waals surface area (Å²) >= 11 is 3.60. The summed E-state index contributed by atoms with van der Waals surface area (Å²) in [6.45, 7) is 2.06. The Morgan fingerprint density at radius 2 is 1.95 bits per heavy atom. The maximum absolute atomic E-state index is 6.52. The lowest BCUT2D eigenvalue weighted by atomic mass is 9.97. The zero-order valence-corrected chi connectivity index (χ0v) is 13.9. The van der Waals surface area contributed by atoms with E-state index >= 15 is 0 Å². The first-order chi connectivity index (χ1) is 10.1. The van der Waals surface area contributed by atoms with Crippen LogP contribution in [0.25, 0.3) is 0 Å². The number of aryl methyl sites for hydroxylation is 1. The van der Waals surface area contributed by atoms with E-state index in [4.69, 9.17) is 10.5 Å². The van der Waals surface area contributed by atoms with Gasteiger partial charge in [-0.05, 0) is 48.4 Å². The Morgan fingerprint density at radius 1 is 1.24 bits per heavy atom. The first kappa shape index (κ1) is 14.6. The van der Waals surface area contributed by atoms with Gasteiger partial charge in [-0.1, -0.05) is 46.3 Å². The second-order valence-corrected chi connectivity index (χ2v) is 6.64. The highest BCUT2D eigenvalue weighted by Gasteiger charge is 2.43. The first-order valence-corrected chi connectivity index (χ1v) is 8.05. The second-order valence-electron chi connectivity index (χ2n) is 5.79. The predicted molar refractivity (Wildman–Crippen MR) is 89.6 cm³/mol. The van der Waals surface area contributed by atoms with Crippen LogP contribution >= 0.6 is 15.9 Å². The van der Waals surface area contributed by atoms with E-state index in [0.717, 1.165) is 22.2 Å². The highest BCUT2D eigenvalue weighted by Crippen LogP contribution is 2.54. The molecule has 3 rings (SSSR count). The molecule has 0 aromatic heterocycles. The van der Waals surface area contributed by atoms with Crippen LogP contribution in [-0.2, 0) is 0 Å². The fraction of sp³-hybridized carbons (Fsp3) is 0.333. The van der Waals surface area contributed by atoms with E-state index < -0.39 is 0 Å². The molecule has 0 radical (unpaired) electrons. The van der Waals surface area contributed by atoms with Crippen molar-refractivity contribution in [2.24, 2.45) is 11.7 Å². The minimum Gasteiger partial charge on any atom is -0.496 e. The molecule has 1 aliphatic carbocycles. The number of ether oxygens (including phenoxy) is 1. The van der Waals surface area contributed by atoms with Crippen molar-refractivity contribution in [3.05, 3.63) is 63.6 Å². The molecule has 2 nitrogen and oxygen atoms in total. The Labute approximate surface area is 134 Å². The molecular formula is C18H20BrNO. The van der Waals surface area contributed by atoms with Gasteiger partial charge >= 0.3 is 0 Å². The van der Waals surface area contributed by atoms with Gasteiger partial charge in [0.05, 0.1) is 7.11 Å². The predicted octanol–water partition coefficient (Wildman–Crippen LogP) is 4.57. The van der Waals surface area contributed by atoms with Gasteiger partial charge in [0.1, 0.15) is 5.75 Å². The third-order valence-corrected chi connectivity index (χ3v) is 5.25. The van der Waals surface area contributed by atoms with Gasteiger partial charge < -0.3 is 10.5 Å². The van der Waals surface area contributed by atoms with Gasteiger partial charge in [-0.25, -0.2) is 0 Å². The molecule has 0 bridgehead atoms. The van der Waals surface area contributed by atoms with Crippen molar-refractivity contribution in [1.82, 2.24) is 0 Å². The lowest BCUT2D eigenvalue weighted by molar-refractivity contribution is 0.402. The zero-order chi connectivity index (χ0) is 15.0. The van der Waals surface area contributed by atoms with Crippen LogP contribution in [0.15, 0.2) is 46.9 Å². The van der Waals surface area contributed by atoms with Gasteiger partial charge in [0.25, 0.3) is 0 Å². The molecule has 0 heterocycles. The molecule has 3 atom stereocenters. The molecule has 0 aliphatic heterocycles. The highest BCUT2D eigenvalue weighted by molar-refractivity contribution is 9.10. The van der Waals surface area contributed by atoms with Crippen LogP contribution in [0.4, 0.5) is 0 Å². The summed E-state index contributed by atoms with van der Waals surface area (Å²) in [5.41, 5.74) is 10.2. The van der Waals surface area contributed by atoms with Gasteiger partial charge in [-0.3, -0.25) is 0 Å². The topological polar surface area (TPSA) is 35.2 Å². The van der Waals surface area contributed by atoms with Gasteiger partial charge in [0.2, 0.25) is 0 Å². The summed E-state index contributed by atoms with van der Waals surface area (Å²) in [5, 5.41) is 0. The fourth-order valence-corrected chi connectivity index (χ4v) is 3.39. The van der Waals surface area contributed by atoms with E-state index in [-0.39, 0.29) is 6.04 Å². The van der Waals surface area contributed by atoms with E-state index in [2.05, 4.69) is 65.3 Å². The lowest BCUT2D eigenvalue weighted by Crippen LogP contribution is -2.15. The summed E-state index contributed by atoms with van der Waals surface area (Å²) in [6.07, 6.45) is 1.15. The van der Waals surface area contributed by atoms with E-state index in [1.54, 1.807) is 7.11 Å². The number of methoxy groups -OCH3 is 1. The van der Waals surface area contributed by atoms with Crippen molar-refractivity contribution in [3.8, 4) is 5.75 Å². The molecule has 1 saturated carbocycles. The van der Waals surface area contributed by atoms with Crippen LogP contribution in [0.1, 0.15) is 35.1 Å².